The van der Waals surface area contributed by atoms with Crippen molar-refractivity contribution >= 4 is 21.6 Å². The van der Waals surface area contributed by atoms with E-state index in [9.17, 15) is 8.42 Å². The van der Waals surface area contributed by atoms with Gasteiger partial charge in [-0.25, -0.2) is 13.4 Å². The lowest BCUT2D eigenvalue weighted by Gasteiger charge is -2.12. The monoisotopic (exact) mass is 360 g/mol. The number of hydrogen-bond donors (Lipinski definition) is 2. The minimum absolute atomic E-state index is 0.188. The summed E-state index contributed by atoms with van der Waals surface area (Å²) in [7, 11) is -3.72. The molecule has 0 amide bonds. The maximum absolute atomic E-state index is 12.5. The number of nitrogens with zero attached hydrogens (tertiary/aromatic N) is 4. The Morgan fingerprint density at radius 2 is 1.96 bits per heavy atom. The number of anilines is 1. The normalized spacial score (nSPS) is 13.1. The van der Waals surface area contributed by atoms with E-state index < -0.39 is 10.0 Å². The van der Waals surface area contributed by atoms with E-state index in [-0.39, 0.29) is 4.90 Å². The van der Waals surface area contributed by atoms with Gasteiger partial charge in [-0.3, -0.25) is 5.43 Å². The van der Waals surface area contributed by atoms with Crippen LogP contribution in [0, 0.1) is 6.92 Å². The fourth-order valence-corrected chi connectivity index (χ4v) is 3.26. The lowest BCUT2D eigenvalue weighted by molar-refractivity contribution is 0.587. The molecule has 0 spiro atoms. The zero-order valence-corrected chi connectivity index (χ0v) is 15.1. The average molecular weight is 360 g/mol. The second-order valence-electron chi connectivity index (χ2n) is 5.86. The van der Waals surface area contributed by atoms with Crippen molar-refractivity contribution in [2.24, 2.45) is 0 Å². The molecule has 2 aromatic heterocycles. The third-order valence-corrected chi connectivity index (χ3v) is 5.33. The molecule has 1 atom stereocenters. The lowest BCUT2D eigenvalue weighted by atomic mass is 9.99. The van der Waals surface area contributed by atoms with Crippen molar-refractivity contribution in [1.29, 1.82) is 0 Å². The molecule has 0 fully saturated rings. The Hall–Kier alpha value is -2.52. The van der Waals surface area contributed by atoms with Crippen LogP contribution in [0.1, 0.15) is 37.4 Å². The number of sulfonamides is 1. The van der Waals surface area contributed by atoms with Gasteiger partial charge in [-0.2, -0.15) is 14.6 Å². The molecule has 2 N–H and O–H groups in total. The van der Waals surface area contributed by atoms with Gasteiger partial charge in [-0.1, -0.05) is 26.0 Å². The predicted octanol–water partition coefficient (Wildman–Crippen LogP) is 2.25. The fraction of sp³-hybridized carbons (Fsp3) is 0.312. The summed E-state index contributed by atoms with van der Waals surface area (Å²) in [6.07, 6.45) is 2.36. The van der Waals surface area contributed by atoms with E-state index in [0.29, 0.717) is 23.2 Å². The molecule has 0 aliphatic heterocycles. The number of fused-ring (bicyclic) bond motifs is 1. The number of benzene rings is 1. The van der Waals surface area contributed by atoms with E-state index in [1.165, 1.54) is 10.8 Å². The molecule has 9 heteroatoms. The minimum Gasteiger partial charge on any atom is -0.292 e. The molecule has 25 heavy (non-hydrogen) atoms. The Labute approximate surface area is 146 Å². The largest absolute Gasteiger partial charge is 0.292 e. The molecule has 3 aromatic rings. The highest BCUT2D eigenvalue weighted by atomic mass is 32.2. The first kappa shape index (κ1) is 17.3. The van der Waals surface area contributed by atoms with Gasteiger partial charge in [-0.05, 0) is 37.0 Å². The van der Waals surface area contributed by atoms with Gasteiger partial charge in [0.15, 0.2) is 0 Å². The van der Waals surface area contributed by atoms with E-state index >= 15 is 0 Å². The van der Waals surface area contributed by atoms with Gasteiger partial charge in [0.25, 0.3) is 15.8 Å². The second-order valence-corrected chi connectivity index (χ2v) is 7.55. The third-order valence-electron chi connectivity index (χ3n) is 4.07. The number of aryl methyl sites for hydroxylation is 1. The Morgan fingerprint density at radius 3 is 2.64 bits per heavy atom. The molecule has 1 aromatic carbocycles. The van der Waals surface area contributed by atoms with Gasteiger partial charge in [0.2, 0.25) is 0 Å². The smallest absolute Gasteiger partial charge is 0.257 e. The summed E-state index contributed by atoms with van der Waals surface area (Å²) in [5.41, 5.74) is 4.49. The molecule has 0 aliphatic carbocycles. The molecule has 0 radical (unpaired) electrons. The summed E-state index contributed by atoms with van der Waals surface area (Å²) in [5.74, 6) is 1.21. The molecule has 132 valence electrons. The SMILES string of the molecule is CC[C@H](C)c1ccc(S(=O)(=O)NNc2cc(C)nc3ncnn23)cc1. The number of hydrogen-bond acceptors (Lipinski definition) is 6. The number of aromatic nitrogens is 4. The van der Waals surface area contributed by atoms with Crippen LogP contribution >= 0.6 is 0 Å². The van der Waals surface area contributed by atoms with Crippen LogP contribution in [0.2, 0.25) is 0 Å². The minimum atomic E-state index is -3.72. The van der Waals surface area contributed by atoms with Crippen LogP contribution in [0.5, 0.6) is 0 Å². The van der Waals surface area contributed by atoms with Crippen molar-refractivity contribution in [2.45, 2.75) is 38.0 Å². The zero-order chi connectivity index (χ0) is 18.0. The molecular formula is C16H20N6O2S. The maximum Gasteiger partial charge on any atom is 0.257 e. The first-order valence-electron chi connectivity index (χ1n) is 7.96. The molecule has 0 bridgehead atoms. The second kappa shape index (κ2) is 6.77. The van der Waals surface area contributed by atoms with E-state index in [1.807, 2.05) is 12.1 Å². The number of rotatable bonds is 6. The molecule has 0 aliphatic rings. The van der Waals surface area contributed by atoms with Crippen LogP contribution in [0.3, 0.4) is 0 Å². The Kier molecular flexibility index (Phi) is 4.69. The highest BCUT2D eigenvalue weighted by Gasteiger charge is 2.15. The molecular weight excluding hydrogens is 340 g/mol. The highest BCUT2D eigenvalue weighted by molar-refractivity contribution is 7.89. The van der Waals surface area contributed by atoms with E-state index in [2.05, 4.69) is 39.2 Å². The lowest BCUT2D eigenvalue weighted by Crippen LogP contribution is -2.30. The van der Waals surface area contributed by atoms with Crippen LogP contribution in [-0.2, 0) is 10.0 Å². The van der Waals surface area contributed by atoms with Crippen LogP contribution in [0.25, 0.3) is 5.78 Å². The predicted molar refractivity (Wildman–Crippen MR) is 94.6 cm³/mol. The Bertz CT molecular complexity index is 982. The molecule has 0 saturated heterocycles. The highest BCUT2D eigenvalue weighted by Crippen LogP contribution is 2.20. The fourth-order valence-electron chi connectivity index (χ4n) is 2.41. The van der Waals surface area contributed by atoms with Crippen molar-refractivity contribution in [2.75, 3.05) is 5.43 Å². The van der Waals surface area contributed by atoms with Gasteiger partial charge < -0.3 is 0 Å². The van der Waals surface area contributed by atoms with Gasteiger partial charge in [0, 0.05) is 11.8 Å². The first-order chi connectivity index (χ1) is 11.9. The summed E-state index contributed by atoms with van der Waals surface area (Å²) in [5, 5.41) is 4.02. The number of nitrogens with one attached hydrogen (secondary N) is 2. The maximum atomic E-state index is 12.5. The van der Waals surface area contributed by atoms with E-state index in [4.69, 9.17) is 0 Å². The zero-order valence-electron chi connectivity index (χ0n) is 14.3. The topological polar surface area (TPSA) is 101 Å². The quantitative estimate of drug-likeness (QED) is 0.654. The summed E-state index contributed by atoms with van der Waals surface area (Å²) >= 11 is 0. The summed E-state index contributed by atoms with van der Waals surface area (Å²) in [4.78, 5) is 10.8. The summed E-state index contributed by atoms with van der Waals surface area (Å²) in [6.45, 7) is 6.00. The molecule has 2 heterocycles. The van der Waals surface area contributed by atoms with Crippen molar-refractivity contribution in [3.8, 4) is 0 Å². The average Bonchev–Trinajstić information content (AvgIpc) is 3.07. The molecule has 3 rings (SSSR count). The Balaban J connectivity index is 1.80. The van der Waals surface area contributed by atoms with Gasteiger partial charge in [0.05, 0.1) is 4.90 Å². The number of hydrazine groups is 1. The van der Waals surface area contributed by atoms with Crippen LogP contribution in [0.4, 0.5) is 5.82 Å². The standard InChI is InChI=1S/C16H20N6O2S/c1-4-11(2)13-5-7-14(8-6-13)25(23,24)21-20-15-9-12(3)19-16-17-10-18-22(15)16/h5-11,20-21H,4H2,1-3H3/t11-/m0/s1. The van der Waals surface area contributed by atoms with Crippen LogP contribution in [0.15, 0.2) is 41.6 Å². The van der Waals surface area contributed by atoms with Gasteiger partial charge in [-0.15, -0.1) is 4.83 Å². The van der Waals surface area contributed by atoms with E-state index in [1.54, 1.807) is 25.1 Å². The third kappa shape index (κ3) is 3.62. The van der Waals surface area contributed by atoms with Crippen molar-refractivity contribution in [3.05, 3.63) is 47.9 Å². The molecule has 8 nitrogen and oxygen atoms in total. The van der Waals surface area contributed by atoms with Crippen LogP contribution in [-0.4, -0.2) is 28.0 Å². The van der Waals surface area contributed by atoms with Crippen molar-refractivity contribution in [1.82, 2.24) is 24.4 Å². The van der Waals surface area contributed by atoms with Crippen molar-refractivity contribution in [3.63, 3.8) is 0 Å². The summed E-state index contributed by atoms with van der Waals surface area (Å²) in [6, 6.07) is 8.57. The molecule has 0 saturated carbocycles. The molecule has 0 unspecified atom stereocenters. The Morgan fingerprint density at radius 1 is 1.24 bits per heavy atom. The van der Waals surface area contributed by atoms with Crippen molar-refractivity contribution < 1.29 is 8.42 Å². The summed E-state index contributed by atoms with van der Waals surface area (Å²) < 4.78 is 26.4. The first-order valence-corrected chi connectivity index (χ1v) is 9.44. The van der Waals surface area contributed by atoms with Gasteiger partial charge >= 0.3 is 0 Å². The van der Waals surface area contributed by atoms with E-state index in [0.717, 1.165) is 12.0 Å². The van der Waals surface area contributed by atoms with Gasteiger partial charge in [0.1, 0.15) is 12.1 Å². The van der Waals surface area contributed by atoms with Crippen LogP contribution < -0.4 is 10.3 Å².